The van der Waals surface area contributed by atoms with Crippen molar-refractivity contribution in [3.05, 3.63) is 71.8 Å². The third-order valence-corrected chi connectivity index (χ3v) is 6.04. The van der Waals surface area contributed by atoms with Gasteiger partial charge in [0.25, 0.3) is 0 Å². The largest absolute Gasteiger partial charge is 0.458 e. The number of benzene rings is 3. The number of thioether (sulfide) groups is 2. The molecule has 3 nitrogen and oxygen atoms in total. The molecule has 28 heavy (non-hydrogen) atoms. The standard InChI is InChI=1S/C23H22O3S2/c1-3-7-16-12-14-18(15-13-16)22(24)27-19-10-5-8-17-9-6-11-20(21(17)19)28-23(25)26-4-2/h5-6,8-15H,3-4,7H2,1-2H3. The van der Waals surface area contributed by atoms with Crippen molar-refractivity contribution in [2.45, 2.75) is 36.5 Å². The first kappa shape index (κ1) is 20.5. The number of carbonyl (C=O) groups excluding carboxylic acids is 2. The molecule has 0 aromatic heterocycles. The number of hydrogen-bond donors (Lipinski definition) is 0. The Kier molecular flexibility index (Phi) is 7.18. The molecular weight excluding hydrogens is 388 g/mol. The van der Waals surface area contributed by atoms with Gasteiger partial charge < -0.3 is 4.74 Å². The third kappa shape index (κ3) is 4.97. The Morgan fingerprint density at radius 1 is 0.857 bits per heavy atom. The Morgan fingerprint density at radius 2 is 1.50 bits per heavy atom. The Balaban J connectivity index is 1.89. The maximum atomic E-state index is 12.8. The van der Waals surface area contributed by atoms with E-state index >= 15 is 0 Å². The summed E-state index contributed by atoms with van der Waals surface area (Å²) in [5.41, 5.74) is 1.92. The van der Waals surface area contributed by atoms with E-state index in [0.717, 1.165) is 45.2 Å². The molecule has 0 radical (unpaired) electrons. The molecule has 0 saturated heterocycles. The van der Waals surface area contributed by atoms with Crippen LogP contribution in [0.5, 0.6) is 0 Å². The number of carbonyl (C=O) groups is 2. The zero-order valence-corrected chi connectivity index (χ0v) is 17.6. The van der Waals surface area contributed by atoms with E-state index in [1.54, 1.807) is 6.92 Å². The highest BCUT2D eigenvalue weighted by molar-refractivity contribution is 8.14. The van der Waals surface area contributed by atoms with Gasteiger partial charge in [0.15, 0.2) is 0 Å². The van der Waals surface area contributed by atoms with Crippen molar-refractivity contribution < 1.29 is 14.3 Å². The number of fused-ring (bicyclic) bond motifs is 1. The van der Waals surface area contributed by atoms with E-state index in [1.807, 2.05) is 60.7 Å². The zero-order valence-electron chi connectivity index (χ0n) is 15.9. The SMILES string of the molecule is CCCc1ccc(C(=O)Sc2cccc3cccc(SC(=O)OCC)c23)cc1. The van der Waals surface area contributed by atoms with E-state index in [4.69, 9.17) is 4.74 Å². The zero-order chi connectivity index (χ0) is 19.9. The molecule has 0 N–H and O–H groups in total. The fraction of sp³-hybridized carbons (Fsp3) is 0.217. The van der Waals surface area contributed by atoms with Crippen LogP contribution in [0.25, 0.3) is 10.8 Å². The summed E-state index contributed by atoms with van der Waals surface area (Å²) in [6.07, 6.45) is 2.10. The molecule has 0 amide bonds. The second kappa shape index (κ2) is 9.80. The van der Waals surface area contributed by atoms with Crippen molar-refractivity contribution in [3.8, 4) is 0 Å². The lowest BCUT2D eigenvalue weighted by Gasteiger charge is -2.10. The van der Waals surface area contributed by atoms with Gasteiger partial charge in [0.1, 0.15) is 0 Å². The normalized spacial score (nSPS) is 10.8. The van der Waals surface area contributed by atoms with Crippen LogP contribution in [0.2, 0.25) is 0 Å². The van der Waals surface area contributed by atoms with Gasteiger partial charge in [-0.1, -0.05) is 61.9 Å². The summed E-state index contributed by atoms with van der Waals surface area (Å²) in [6, 6.07) is 19.4. The molecule has 5 heteroatoms. The quantitative estimate of drug-likeness (QED) is 0.324. The summed E-state index contributed by atoms with van der Waals surface area (Å²) in [4.78, 5) is 26.4. The highest BCUT2D eigenvalue weighted by Gasteiger charge is 2.15. The molecule has 0 saturated carbocycles. The van der Waals surface area contributed by atoms with E-state index in [2.05, 4.69) is 6.92 Å². The fourth-order valence-electron chi connectivity index (χ4n) is 2.94. The lowest BCUT2D eigenvalue weighted by Crippen LogP contribution is -1.97. The van der Waals surface area contributed by atoms with Gasteiger partial charge in [-0.3, -0.25) is 4.79 Å². The van der Waals surface area contributed by atoms with Gasteiger partial charge in [-0.05, 0) is 60.0 Å². The third-order valence-electron chi connectivity index (χ3n) is 4.21. The first-order chi connectivity index (χ1) is 13.6. The van der Waals surface area contributed by atoms with Gasteiger partial charge in [-0.15, -0.1) is 0 Å². The summed E-state index contributed by atoms with van der Waals surface area (Å²) in [6.45, 7) is 4.26. The molecule has 3 aromatic rings. The Hall–Kier alpha value is -2.24. The summed E-state index contributed by atoms with van der Waals surface area (Å²) in [7, 11) is 0. The smallest absolute Gasteiger partial charge is 0.372 e. The predicted octanol–water partition coefficient (Wildman–Crippen LogP) is 6.97. The highest BCUT2D eigenvalue weighted by Crippen LogP contribution is 2.37. The van der Waals surface area contributed by atoms with Crippen LogP contribution < -0.4 is 0 Å². The van der Waals surface area contributed by atoms with Gasteiger partial charge >= 0.3 is 5.30 Å². The van der Waals surface area contributed by atoms with Crippen LogP contribution in [-0.4, -0.2) is 17.0 Å². The fourth-order valence-corrected chi connectivity index (χ4v) is 4.76. The Labute approximate surface area is 173 Å². The van der Waals surface area contributed by atoms with Crippen LogP contribution in [0.3, 0.4) is 0 Å². The monoisotopic (exact) mass is 410 g/mol. The average molecular weight is 411 g/mol. The van der Waals surface area contributed by atoms with Crippen LogP contribution in [-0.2, 0) is 11.2 Å². The van der Waals surface area contributed by atoms with Crippen LogP contribution in [0.1, 0.15) is 36.2 Å². The van der Waals surface area contributed by atoms with E-state index in [9.17, 15) is 9.59 Å². The van der Waals surface area contributed by atoms with E-state index < -0.39 is 0 Å². The van der Waals surface area contributed by atoms with Gasteiger partial charge in [0, 0.05) is 20.7 Å². The van der Waals surface area contributed by atoms with Crippen molar-refractivity contribution in [2.24, 2.45) is 0 Å². The predicted molar refractivity (Wildman–Crippen MR) is 117 cm³/mol. The first-order valence-electron chi connectivity index (χ1n) is 9.29. The van der Waals surface area contributed by atoms with Crippen molar-refractivity contribution in [2.75, 3.05) is 6.61 Å². The average Bonchev–Trinajstić information content (AvgIpc) is 2.69. The van der Waals surface area contributed by atoms with Crippen molar-refractivity contribution in [1.29, 1.82) is 0 Å². The van der Waals surface area contributed by atoms with Gasteiger partial charge in [-0.2, -0.15) is 0 Å². The molecule has 0 heterocycles. The van der Waals surface area contributed by atoms with Crippen molar-refractivity contribution >= 4 is 44.7 Å². The molecule has 0 unspecified atom stereocenters. The van der Waals surface area contributed by atoms with Crippen LogP contribution in [0.4, 0.5) is 4.79 Å². The molecule has 144 valence electrons. The number of aryl methyl sites for hydroxylation is 1. The minimum Gasteiger partial charge on any atom is -0.458 e. The van der Waals surface area contributed by atoms with Gasteiger partial charge in [-0.25, -0.2) is 4.79 Å². The van der Waals surface area contributed by atoms with Gasteiger partial charge in [0.2, 0.25) is 5.12 Å². The van der Waals surface area contributed by atoms with Crippen LogP contribution in [0, 0.1) is 0 Å². The maximum Gasteiger partial charge on any atom is 0.372 e. The van der Waals surface area contributed by atoms with Crippen molar-refractivity contribution in [1.82, 2.24) is 0 Å². The molecule has 0 fully saturated rings. The summed E-state index contributed by atoms with van der Waals surface area (Å²) in [5, 5.41) is 1.55. The number of ether oxygens (including phenoxy) is 1. The molecule has 0 aliphatic carbocycles. The summed E-state index contributed by atoms with van der Waals surface area (Å²) < 4.78 is 5.07. The second-order valence-corrected chi connectivity index (χ2v) is 8.22. The lowest BCUT2D eigenvalue weighted by molar-refractivity contribution is 0.108. The Bertz CT molecular complexity index is 976. The van der Waals surface area contributed by atoms with Crippen LogP contribution >= 0.6 is 23.5 Å². The molecule has 3 rings (SSSR count). The van der Waals surface area contributed by atoms with Crippen LogP contribution in [0.15, 0.2) is 70.5 Å². The molecule has 0 atom stereocenters. The molecule has 0 spiro atoms. The molecule has 0 aliphatic rings. The molecular formula is C23H22O3S2. The molecule has 3 aromatic carbocycles. The van der Waals surface area contributed by atoms with E-state index in [-0.39, 0.29) is 10.4 Å². The maximum absolute atomic E-state index is 12.8. The lowest BCUT2D eigenvalue weighted by atomic mass is 10.1. The summed E-state index contributed by atoms with van der Waals surface area (Å²) in [5.74, 6) is 0. The Morgan fingerprint density at radius 3 is 2.11 bits per heavy atom. The van der Waals surface area contributed by atoms with E-state index in [0.29, 0.717) is 12.2 Å². The number of rotatable bonds is 6. The minimum atomic E-state index is -0.340. The van der Waals surface area contributed by atoms with E-state index in [1.165, 1.54) is 17.3 Å². The second-order valence-electron chi connectivity index (χ2n) is 6.23. The molecule has 0 bridgehead atoms. The topological polar surface area (TPSA) is 43.4 Å². The first-order valence-corrected chi connectivity index (χ1v) is 10.9. The number of hydrogen-bond acceptors (Lipinski definition) is 5. The van der Waals surface area contributed by atoms with Gasteiger partial charge in [0.05, 0.1) is 6.61 Å². The minimum absolute atomic E-state index is 0.00788. The van der Waals surface area contributed by atoms with Crippen molar-refractivity contribution in [3.63, 3.8) is 0 Å². The highest BCUT2D eigenvalue weighted by atomic mass is 32.2. The summed E-state index contributed by atoms with van der Waals surface area (Å²) >= 11 is 2.25. The molecule has 0 aliphatic heterocycles.